The molecule has 29 heavy (non-hydrogen) atoms. The average Bonchev–Trinajstić information content (AvgIpc) is 3.20. The van der Waals surface area contributed by atoms with E-state index in [-0.39, 0.29) is 5.91 Å². The van der Waals surface area contributed by atoms with Gasteiger partial charge in [-0.2, -0.15) is 0 Å². The third-order valence-corrected chi connectivity index (χ3v) is 6.63. The molecule has 3 aromatic rings. The molecule has 0 atom stereocenters. The number of aryl methyl sites for hydroxylation is 2. The lowest BCUT2D eigenvalue weighted by molar-refractivity contribution is 0.0743. The number of hydrogen-bond acceptors (Lipinski definition) is 6. The third kappa shape index (κ3) is 3.62. The van der Waals surface area contributed by atoms with Crippen molar-refractivity contribution in [1.82, 2.24) is 9.88 Å². The summed E-state index contributed by atoms with van der Waals surface area (Å²) in [6, 6.07) is 9.60. The van der Waals surface area contributed by atoms with Crippen molar-refractivity contribution in [3.05, 3.63) is 47.0 Å². The van der Waals surface area contributed by atoms with Gasteiger partial charge in [0.15, 0.2) is 5.13 Å². The van der Waals surface area contributed by atoms with Crippen LogP contribution in [0.2, 0.25) is 0 Å². The van der Waals surface area contributed by atoms with Crippen molar-refractivity contribution >= 4 is 32.6 Å². The van der Waals surface area contributed by atoms with Gasteiger partial charge in [-0.05, 0) is 43.2 Å². The molecule has 0 saturated carbocycles. The number of anilines is 1. The Bertz CT molecular complexity index is 1050. The van der Waals surface area contributed by atoms with Gasteiger partial charge in [-0.3, -0.25) is 4.79 Å². The molecule has 7 heteroatoms. The first kappa shape index (κ1) is 19.5. The zero-order valence-electron chi connectivity index (χ0n) is 17.2. The first-order valence-corrected chi connectivity index (χ1v) is 10.5. The van der Waals surface area contributed by atoms with Crippen molar-refractivity contribution in [3.63, 3.8) is 0 Å². The maximum absolute atomic E-state index is 13.0. The summed E-state index contributed by atoms with van der Waals surface area (Å²) in [5.41, 5.74) is 4.16. The van der Waals surface area contributed by atoms with E-state index in [1.165, 1.54) is 15.8 Å². The van der Waals surface area contributed by atoms with Crippen molar-refractivity contribution in [3.8, 4) is 11.5 Å². The molecule has 1 amide bonds. The molecule has 2 heterocycles. The van der Waals surface area contributed by atoms with Gasteiger partial charge >= 0.3 is 0 Å². The molecule has 1 aliphatic rings. The molecule has 6 nitrogen and oxygen atoms in total. The van der Waals surface area contributed by atoms with Crippen molar-refractivity contribution in [2.75, 3.05) is 45.3 Å². The van der Waals surface area contributed by atoms with Crippen LogP contribution in [-0.2, 0) is 0 Å². The molecule has 1 aliphatic heterocycles. The Morgan fingerprint density at radius 2 is 1.79 bits per heavy atom. The van der Waals surface area contributed by atoms with Crippen molar-refractivity contribution in [2.24, 2.45) is 0 Å². The van der Waals surface area contributed by atoms with E-state index >= 15 is 0 Å². The number of methoxy groups -OCH3 is 2. The number of hydrogen-bond donors (Lipinski definition) is 0. The molecular formula is C22H25N3O3S. The second-order valence-corrected chi connectivity index (χ2v) is 8.21. The highest BCUT2D eigenvalue weighted by atomic mass is 32.1. The topological polar surface area (TPSA) is 54.9 Å². The minimum absolute atomic E-state index is 0.0140. The van der Waals surface area contributed by atoms with Crippen LogP contribution in [0.3, 0.4) is 0 Å². The van der Waals surface area contributed by atoms with Gasteiger partial charge in [0.05, 0.1) is 30.0 Å². The number of aromatic nitrogens is 1. The van der Waals surface area contributed by atoms with Crippen LogP contribution in [0.25, 0.3) is 10.2 Å². The minimum Gasteiger partial charge on any atom is -0.497 e. The molecule has 0 radical (unpaired) electrons. The van der Waals surface area contributed by atoms with E-state index in [1.54, 1.807) is 43.8 Å². The number of ether oxygens (including phenoxy) is 2. The standard InChI is InChI=1S/C22H25N3O3S/c1-14-5-8-19-20(15(14)2)23-22(29-19)25-11-9-24(10-12-25)21(26)17-7-6-16(27-3)13-18(17)28-4/h5-8,13H,9-12H2,1-4H3. The normalized spacial score (nSPS) is 14.3. The average molecular weight is 412 g/mol. The van der Waals surface area contributed by atoms with E-state index in [1.807, 2.05) is 4.90 Å². The number of rotatable bonds is 4. The van der Waals surface area contributed by atoms with E-state index in [0.29, 0.717) is 30.2 Å². The third-order valence-electron chi connectivity index (χ3n) is 5.55. The summed E-state index contributed by atoms with van der Waals surface area (Å²) in [5.74, 6) is 1.19. The van der Waals surface area contributed by atoms with Gasteiger partial charge in [0, 0.05) is 32.2 Å². The maximum Gasteiger partial charge on any atom is 0.257 e. The highest BCUT2D eigenvalue weighted by Gasteiger charge is 2.26. The zero-order valence-corrected chi connectivity index (χ0v) is 18.0. The molecule has 0 unspecified atom stereocenters. The van der Waals surface area contributed by atoms with Gasteiger partial charge in [-0.25, -0.2) is 4.98 Å². The second kappa shape index (κ2) is 7.91. The van der Waals surface area contributed by atoms with E-state index in [4.69, 9.17) is 14.5 Å². The van der Waals surface area contributed by atoms with Crippen molar-refractivity contribution in [2.45, 2.75) is 13.8 Å². The lowest BCUT2D eigenvalue weighted by atomic mass is 10.1. The molecule has 0 bridgehead atoms. The highest BCUT2D eigenvalue weighted by molar-refractivity contribution is 7.22. The van der Waals surface area contributed by atoms with Crippen LogP contribution in [0.1, 0.15) is 21.5 Å². The molecule has 4 rings (SSSR count). The van der Waals surface area contributed by atoms with Crippen LogP contribution in [0.15, 0.2) is 30.3 Å². The van der Waals surface area contributed by atoms with Crippen LogP contribution in [0.5, 0.6) is 11.5 Å². The first-order valence-electron chi connectivity index (χ1n) is 9.65. The Morgan fingerprint density at radius 1 is 1.03 bits per heavy atom. The fourth-order valence-electron chi connectivity index (χ4n) is 3.60. The van der Waals surface area contributed by atoms with Gasteiger partial charge in [-0.15, -0.1) is 0 Å². The summed E-state index contributed by atoms with van der Waals surface area (Å²) in [7, 11) is 3.17. The monoisotopic (exact) mass is 411 g/mol. The molecule has 0 N–H and O–H groups in total. The Morgan fingerprint density at radius 3 is 2.48 bits per heavy atom. The summed E-state index contributed by atoms with van der Waals surface area (Å²) in [4.78, 5) is 22.0. The lowest BCUT2D eigenvalue weighted by Gasteiger charge is -2.34. The molecule has 2 aromatic carbocycles. The van der Waals surface area contributed by atoms with E-state index in [9.17, 15) is 4.79 Å². The molecule has 0 aliphatic carbocycles. The number of carbonyl (C=O) groups excluding carboxylic acids is 1. The Kier molecular flexibility index (Phi) is 5.32. The second-order valence-electron chi connectivity index (χ2n) is 7.20. The van der Waals surface area contributed by atoms with Gasteiger partial charge < -0.3 is 19.3 Å². The largest absolute Gasteiger partial charge is 0.497 e. The molecule has 1 saturated heterocycles. The summed E-state index contributed by atoms with van der Waals surface area (Å²) < 4.78 is 11.8. The van der Waals surface area contributed by atoms with Crippen LogP contribution in [0.4, 0.5) is 5.13 Å². The number of nitrogens with zero attached hydrogens (tertiary/aromatic N) is 3. The van der Waals surface area contributed by atoms with E-state index < -0.39 is 0 Å². The lowest BCUT2D eigenvalue weighted by Crippen LogP contribution is -2.48. The zero-order chi connectivity index (χ0) is 20.5. The number of piperazine rings is 1. The van der Waals surface area contributed by atoms with Crippen LogP contribution in [-0.4, -0.2) is 56.2 Å². The Labute approximate surface area is 174 Å². The van der Waals surface area contributed by atoms with E-state index in [0.717, 1.165) is 23.7 Å². The minimum atomic E-state index is -0.0140. The fourth-order valence-corrected chi connectivity index (χ4v) is 4.67. The Balaban J connectivity index is 1.48. The Hall–Kier alpha value is -2.80. The molecule has 0 spiro atoms. The molecule has 1 aromatic heterocycles. The molecule has 1 fully saturated rings. The summed E-state index contributed by atoms with van der Waals surface area (Å²) >= 11 is 1.72. The number of thiazole rings is 1. The summed E-state index contributed by atoms with van der Waals surface area (Å²) in [6.07, 6.45) is 0. The fraction of sp³-hybridized carbons (Fsp3) is 0.364. The smallest absolute Gasteiger partial charge is 0.257 e. The molecule has 152 valence electrons. The van der Waals surface area contributed by atoms with Crippen LogP contribution in [0, 0.1) is 13.8 Å². The number of carbonyl (C=O) groups is 1. The van der Waals surface area contributed by atoms with Crippen LogP contribution < -0.4 is 14.4 Å². The summed E-state index contributed by atoms with van der Waals surface area (Å²) in [5, 5.41) is 1.03. The van der Waals surface area contributed by atoms with Crippen LogP contribution >= 0.6 is 11.3 Å². The van der Waals surface area contributed by atoms with Gasteiger partial charge in [-0.1, -0.05) is 17.4 Å². The maximum atomic E-state index is 13.0. The number of fused-ring (bicyclic) bond motifs is 1. The van der Waals surface area contributed by atoms with Gasteiger partial charge in [0.2, 0.25) is 0 Å². The van der Waals surface area contributed by atoms with E-state index in [2.05, 4.69) is 30.9 Å². The highest BCUT2D eigenvalue weighted by Crippen LogP contribution is 2.32. The predicted octanol–water partition coefficient (Wildman–Crippen LogP) is 3.89. The first-order chi connectivity index (χ1) is 14.0. The van der Waals surface area contributed by atoms with Gasteiger partial charge in [0.25, 0.3) is 5.91 Å². The molecular weight excluding hydrogens is 386 g/mol. The van der Waals surface area contributed by atoms with Crippen molar-refractivity contribution < 1.29 is 14.3 Å². The number of benzene rings is 2. The quantitative estimate of drug-likeness (QED) is 0.652. The van der Waals surface area contributed by atoms with Gasteiger partial charge in [0.1, 0.15) is 11.5 Å². The SMILES string of the molecule is COc1ccc(C(=O)N2CCN(c3nc4c(C)c(C)ccc4s3)CC2)c(OC)c1. The predicted molar refractivity (Wildman–Crippen MR) is 117 cm³/mol. The number of amides is 1. The van der Waals surface area contributed by atoms with Crippen molar-refractivity contribution in [1.29, 1.82) is 0 Å². The summed E-state index contributed by atoms with van der Waals surface area (Å²) in [6.45, 7) is 7.08.